The van der Waals surface area contributed by atoms with Gasteiger partial charge in [0.05, 0.1) is 11.9 Å². The Bertz CT molecular complexity index is 1100. The molecule has 0 bridgehead atoms. The van der Waals surface area contributed by atoms with E-state index in [4.69, 9.17) is 11.6 Å². The highest BCUT2D eigenvalue weighted by atomic mass is 35.5. The third-order valence-electron chi connectivity index (χ3n) is 5.61. The molecule has 9 heteroatoms. The first-order chi connectivity index (χ1) is 15.8. The summed E-state index contributed by atoms with van der Waals surface area (Å²) in [6, 6.07) is 11.5. The number of halogens is 1. The van der Waals surface area contributed by atoms with Crippen molar-refractivity contribution in [3.63, 3.8) is 0 Å². The summed E-state index contributed by atoms with van der Waals surface area (Å²) >= 11 is 5.99. The summed E-state index contributed by atoms with van der Waals surface area (Å²) in [6.45, 7) is 8.94. The highest BCUT2D eigenvalue weighted by molar-refractivity contribution is 7.92. The van der Waals surface area contributed by atoms with Crippen LogP contribution < -0.4 is 9.62 Å². The fraction of sp³-hybridized carbons (Fsp3) is 0.440. The molecule has 7 nitrogen and oxygen atoms in total. The van der Waals surface area contributed by atoms with Gasteiger partial charge in [-0.1, -0.05) is 36.7 Å². The predicted octanol–water partition coefficient (Wildman–Crippen LogP) is 4.05. The van der Waals surface area contributed by atoms with Crippen molar-refractivity contribution in [1.29, 1.82) is 0 Å². The maximum atomic E-state index is 13.5. The van der Waals surface area contributed by atoms with Crippen LogP contribution >= 0.6 is 11.6 Å². The van der Waals surface area contributed by atoms with Crippen molar-refractivity contribution in [2.24, 2.45) is 0 Å². The van der Waals surface area contributed by atoms with Crippen molar-refractivity contribution in [2.75, 3.05) is 17.1 Å². The Morgan fingerprint density at radius 3 is 2.09 bits per heavy atom. The molecule has 0 unspecified atom stereocenters. The Labute approximate surface area is 208 Å². The molecule has 0 saturated carbocycles. The molecular formula is C25H34ClN3O4S. The molecule has 0 fully saturated rings. The van der Waals surface area contributed by atoms with Crippen molar-refractivity contribution in [1.82, 2.24) is 10.2 Å². The smallest absolute Gasteiger partial charge is 0.244 e. The predicted molar refractivity (Wildman–Crippen MR) is 137 cm³/mol. The van der Waals surface area contributed by atoms with Gasteiger partial charge in [-0.2, -0.15) is 0 Å². The summed E-state index contributed by atoms with van der Waals surface area (Å²) < 4.78 is 26.4. The quantitative estimate of drug-likeness (QED) is 0.525. The number of nitrogens with one attached hydrogen (secondary N) is 1. The molecule has 0 aliphatic rings. The number of sulfonamides is 1. The van der Waals surface area contributed by atoms with Crippen LogP contribution in [0.1, 0.15) is 43.9 Å². The summed E-state index contributed by atoms with van der Waals surface area (Å²) in [5.74, 6) is -0.777. The highest BCUT2D eigenvalue weighted by Crippen LogP contribution is 2.22. The van der Waals surface area contributed by atoms with Crippen LogP contribution in [0.15, 0.2) is 42.5 Å². The number of rotatable bonds is 10. The van der Waals surface area contributed by atoms with Gasteiger partial charge in [0.1, 0.15) is 12.6 Å². The van der Waals surface area contributed by atoms with E-state index in [1.807, 2.05) is 33.8 Å². The Kier molecular flexibility index (Phi) is 9.53. The van der Waals surface area contributed by atoms with Gasteiger partial charge in [-0.3, -0.25) is 13.9 Å². The van der Waals surface area contributed by atoms with Gasteiger partial charge in [0.25, 0.3) is 0 Å². The zero-order chi connectivity index (χ0) is 25.6. The van der Waals surface area contributed by atoms with Crippen LogP contribution in [-0.4, -0.2) is 50.0 Å². The number of anilines is 1. The molecule has 0 radical (unpaired) electrons. The van der Waals surface area contributed by atoms with E-state index in [0.717, 1.165) is 33.7 Å². The molecule has 1 N–H and O–H groups in total. The summed E-state index contributed by atoms with van der Waals surface area (Å²) in [6.07, 6.45) is 1.82. The molecule has 0 aromatic heterocycles. The molecule has 2 rings (SSSR count). The second-order valence-corrected chi connectivity index (χ2v) is 11.1. The summed E-state index contributed by atoms with van der Waals surface area (Å²) in [5, 5.41) is 3.46. The number of hydrogen-bond acceptors (Lipinski definition) is 4. The third-order valence-corrected chi connectivity index (χ3v) is 7.00. The van der Waals surface area contributed by atoms with Crippen LogP contribution in [0.2, 0.25) is 5.02 Å². The number of hydrogen-bond donors (Lipinski definition) is 1. The zero-order valence-corrected chi connectivity index (χ0v) is 22.2. The number of carbonyl (C=O) groups excluding carboxylic acids is 2. The second kappa shape index (κ2) is 11.7. The molecule has 0 saturated heterocycles. The molecule has 2 atom stereocenters. The minimum absolute atomic E-state index is 0.0507. The lowest BCUT2D eigenvalue weighted by atomic mass is 10.1. The average molecular weight is 508 g/mol. The SMILES string of the molecule is CC[C@@H](C)NC(=O)[C@@H](C)N(Cc1ccc(Cl)cc1)C(=O)CN(c1cc(C)cc(C)c1)S(C)(=O)=O. The van der Waals surface area contributed by atoms with Crippen molar-refractivity contribution in [3.05, 3.63) is 64.2 Å². The van der Waals surface area contributed by atoms with E-state index in [1.165, 1.54) is 4.90 Å². The van der Waals surface area contributed by atoms with Crippen LogP contribution in [0.4, 0.5) is 5.69 Å². The maximum Gasteiger partial charge on any atom is 0.244 e. The molecular weight excluding hydrogens is 474 g/mol. The van der Waals surface area contributed by atoms with Crippen LogP contribution in [0.5, 0.6) is 0 Å². The molecule has 0 heterocycles. The van der Waals surface area contributed by atoms with Gasteiger partial charge in [0.15, 0.2) is 0 Å². The lowest BCUT2D eigenvalue weighted by molar-refractivity contribution is -0.139. The van der Waals surface area contributed by atoms with Gasteiger partial charge in [-0.05, 0) is 75.1 Å². The number of benzene rings is 2. The molecule has 0 aliphatic heterocycles. The van der Waals surface area contributed by atoms with Gasteiger partial charge in [-0.15, -0.1) is 0 Å². The maximum absolute atomic E-state index is 13.5. The fourth-order valence-corrected chi connectivity index (χ4v) is 4.50. The van der Waals surface area contributed by atoms with Crippen molar-refractivity contribution < 1.29 is 18.0 Å². The number of carbonyl (C=O) groups is 2. The number of aryl methyl sites for hydroxylation is 2. The fourth-order valence-electron chi connectivity index (χ4n) is 3.54. The lowest BCUT2D eigenvalue weighted by Gasteiger charge is -2.32. The van der Waals surface area contributed by atoms with Crippen molar-refractivity contribution in [2.45, 2.75) is 59.7 Å². The van der Waals surface area contributed by atoms with E-state index in [1.54, 1.807) is 43.3 Å². The standard InChI is InChI=1S/C25H34ClN3O4S/c1-7-19(4)27-25(31)20(5)28(15-21-8-10-22(26)11-9-21)24(30)16-29(34(6,32)33)23-13-17(2)12-18(3)14-23/h8-14,19-20H,7,15-16H2,1-6H3,(H,27,31)/t19-,20-/m1/s1. The Morgan fingerprint density at radius 1 is 1.03 bits per heavy atom. The average Bonchev–Trinajstić information content (AvgIpc) is 2.74. The van der Waals surface area contributed by atoms with E-state index in [-0.39, 0.29) is 18.5 Å². The first-order valence-electron chi connectivity index (χ1n) is 11.2. The van der Waals surface area contributed by atoms with Gasteiger partial charge in [0.2, 0.25) is 21.8 Å². The lowest BCUT2D eigenvalue weighted by Crippen LogP contribution is -2.52. The zero-order valence-electron chi connectivity index (χ0n) is 20.6. The molecule has 2 aromatic carbocycles. The van der Waals surface area contributed by atoms with E-state index in [2.05, 4.69) is 5.32 Å². The summed E-state index contributed by atoms with van der Waals surface area (Å²) in [7, 11) is -3.76. The van der Waals surface area contributed by atoms with Gasteiger partial charge in [0, 0.05) is 17.6 Å². The van der Waals surface area contributed by atoms with Crippen LogP contribution in [0.25, 0.3) is 0 Å². The molecule has 34 heavy (non-hydrogen) atoms. The Hall–Kier alpha value is -2.58. The number of amides is 2. The summed E-state index contributed by atoms with van der Waals surface area (Å²) in [5.41, 5.74) is 2.96. The normalized spacial score (nSPS) is 13.1. The van der Waals surface area contributed by atoms with E-state index >= 15 is 0 Å². The topological polar surface area (TPSA) is 86.8 Å². The molecule has 0 aliphatic carbocycles. The Balaban J connectivity index is 2.41. The van der Waals surface area contributed by atoms with Gasteiger partial charge >= 0.3 is 0 Å². The second-order valence-electron chi connectivity index (χ2n) is 8.76. The van der Waals surface area contributed by atoms with Gasteiger partial charge < -0.3 is 10.2 Å². The monoisotopic (exact) mass is 507 g/mol. The minimum atomic E-state index is -3.76. The highest BCUT2D eigenvalue weighted by Gasteiger charge is 2.30. The van der Waals surface area contributed by atoms with Crippen LogP contribution in [0, 0.1) is 13.8 Å². The first kappa shape index (κ1) is 27.7. The minimum Gasteiger partial charge on any atom is -0.352 e. The van der Waals surface area contributed by atoms with E-state index in [0.29, 0.717) is 10.7 Å². The number of nitrogens with zero attached hydrogens (tertiary/aromatic N) is 2. The molecule has 2 aromatic rings. The van der Waals surface area contributed by atoms with Crippen LogP contribution in [0.3, 0.4) is 0 Å². The summed E-state index contributed by atoms with van der Waals surface area (Å²) in [4.78, 5) is 27.8. The largest absolute Gasteiger partial charge is 0.352 e. The molecule has 0 spiro atoms. The van der Waals surface area contributed by atoms with E-state index in [9.17, 15) is 18.0 Å². The van der Waals surface area contributed by atoms with Crippen molar-refractivity contribution >= 4 is 39.1 Å². The van der Waals surface area contributed by atoms with Gasteiger partial charge in [-0.25, -0.2) is 8.42 Å². The first-order valence-corrected chi connectivity index (χ1v) is 13.4. The molecule has 2 amide bonds. The van der Waals surface area contributed by atoms with E-state index < -0.39 is 28.5 Å². The van der Waals surface area contributed by atoms with Crippen molar-refractivity contribution in [3.8, 4) is 0 Å². The van der Waals surface area contributed by atoms with Crippen LogP contribution in [-0.2, 0) is 26.2 Å². The third kappa shape index (κ3) is 7.74. The molecule has 186 valence electrons. The Morgan fingerprint density at radius 2 is 1.59 bits per heavy atom.